The first-order valence-corrected chi connectivity index (χ1v) is 6.79. The first kappa shape index (κ1) is 10.6. The molecule has 1 heterocycles. The summed E-state index contributed by atoms with van der Waals surface area (Å²) < 4.78 is 0. The minimum atomic E-state index is 1.21. The largest absolute Gasteiger partial charge is 0.380 e. The lowest BCUT2D eigenvalue weighted by atomic mass is 10.2. The summed E-state index contributed by atoms with van der Waals surface area (Å²) in [5.74, 6) is 0. The van der Waals surface area contributed by atoms with Gasteiger partial charge in [-0.05, 0) is 36.1 Å². The Balaban J connectivity index is 2.28. The Bertz CT molecular complexity index is 431. The molecule has 1 aromatic heterocycles. The van der Waals surface area contributed by atoms with Crippen LogP contribution in [0.25, 0.3) is 10.4 Å². The van der Waals surface area contributed by atoms with Crippen LogP contribution in [0.15, 0.2) is 41.3 Å². The molecule has 0 atom stereocenters. The maximum absolute atomic E-state index is 3.15. The van der Waals surface area contributed by atoms with E-state index in [1.807, 2.05) is 7.05 Å². The molecule has 0 saturated carbocycles. The maximum atomic E-state index is 3.15. The topological polar surface area (TPSA) is 12.0 Å². The molecule has 1 nitrogen and oxygen atoms in total. The highest BCUT2D eigenvalue weighted by Crippen LogP contribution is 2.31. The predicted molar refractivity (Wildman–Crippen MR) is 71.1 cm³/mol. The molecule has 2 aromatic rings. The Hall–Kier alpha value is -0.930. The van der Waals surface area contributed by atoms with E-state index in [2.05, 4.69) is 48.0 Å². The highest BCUT2D eigenvalue weighted by Gasteiger charge is 2.01. The van der Waals surface area contributed by atoms with E-state index in [1.165, 1.54) is 20.3 Å². The SMILES string of the molecule is CNc1ccc(-c2ccc(SC)cc2)s1. The van der Waals surface area contributed by atoms with E-state index in [1.54, 1.807) is 23.1 Å². The maximum Gasteiger partial charge on any atom is 0.0886 e. The molecule has 78 valence electrons. The Morgan fingerprint density at radius 2 is 1.80 bits per heavy atom. The number of hydrogen-bond acceptors (Lipinski definition) is 3. The standard InChI is InChI=1S/C12H13NS2/c1-13-12-8-7-11(15-12)9-3-5-10(14-2)6-4-9/h3-8,13H,1-2H3. The van der Waals surface area contributed by atoms with E-state index in [-0.39, 0.29) is 0 Å². The van der Waals surface area contributed by atoms with Crippen molar-refractivity contribution >= 4 is 28.1 Å². The lowest BCUT2D eigenvalue weighted by molar-refractivity contribution is 1.47. The molecule has 0 bridgehead atoms. The van der Waals surface area contributed by atoms with Crippen LogP contribution >= 0.6 is 23.1 Å². The molecule has 0 saturated heterocycles. The zero-order chi connectivity index (χ0) is 10.7. The van der Waals surface area contributed by atoms with Crippen LogP contribution in [0.2, 0.25) is 0 Å². The lowest BCUT2D eigenvalue weighted by Gasteiger charge is -1.99. The van der Waals surface area contributed by atoms with Crippen LogP contribution in [-0.4, -0.2) is 13.3 Å². The normalized spacial score (nSPS) is 10.3. The van der Waals surface area contributed by atoms with Gasteiger partial charge in [-0.1, -0.05) is 12.1 Å². The molecule has 15 heavy (non-hydrogen) atoms. The Morgan fingerprint density at radius 1 is 1.07 bits per heavy atom. The fourth-order valence-electron chi connectivity index (χ4n) is 1.38. The quantitative estimate of drug-likeness (QED) is 0.801. The van der Waals surface area contributed by atoms with Crippen LogP contribution in [0.5, 0.6) is 0 Å². The van der Waals surface area contributed by atoms with Crippen molar-refractivity contribution in [2.75, 3.05) is 18.6 Å². The van der Waals surface area contributed by atoms with E-state index >= 15 is 0 Å². The van der Waals surface area contributed by atoms with Crippen molar-refractivity contribution in [1.82, 2.24) is 0 Å². The Morgan fingerprint density at radius 3 is 2.33 bits per heavy atom. The monoisotopic (exact) mass is 235 g/mol. The minimum absolute atomic E-state index is 1.21. The molecule has 1 N–H and O–H groups in total. The number of thioether (sulfide) groups is 1. The number of hydrogen-bond donors (Lipinski definition) is 1. The van der Waals surface area contributed by atoms with Crippen LogP contribution in [0.3, 0.4) is 0 Å². The number of benzene rings is 1. The van der Waals surface area contributed by atoms with Gasteiger partial charge in [0.05, 0.1) is 5.00 Å². The molecule has 3 heteroatoms. The van der Waals surface area contributed by atoms with Crippen molar-refractivity contribution in [3.8, 4) is 10.4 Å². The second-order valence-corrected chi connectivity index (χ2v) is 5.11. The molecule has 0 unspecified atom stereocenters. The van der Waals surface area contributed by atoms with Gasteiger partial charge < -0.3 is 5.32 Å². The molecule has 0 amide bonds. The van der Waals surface area contributed by atoms with E-state index in [9.17, 15) is 0 Å². The molecular formula is C12H13NS2. The summed E-state index contributed by atoms with van der Waals surface area (Å²) in [4.78, 5) is 2.62. The van der Waals surface area contributed by atoms with Gasteiger partial charge in [-0.3, -0.25) is 0 Å². The zero-order valence-electron chi connectivity index (χ0n) is 8.78. The van der Waals surface area contributed by atoms with Gasteiger partial charge in [0.25, 0.3) is 0 Å². The van der Waals surface area contributed by atoms with E-state index in [0.717, 1.165) is 0 Å². The predicted octanol–water partition coefficient (Wildman–Crippen LogP) is 4.18. The van der Waals surface area contributed by atoms with Crippen LogP contribution in [0, 0.1) is 0 Å². The fraction of sp³-hybridized carbons (Fsp3) is 0.167. The number of rotatable bonds is 3. The molecular weight excluding hydrogens is 222 g/mol. The summed E-state index contributed by atoms with van der Waals surface area (Å²) in [7, 11) is 1.95. The summed E-state index contributed by atoms with van der Waals surface area (Å²) in [5.41, 5.74) is 1.29. The first-order chi connectivity index (χ1) is 7.33. The van der Waals surface area contributed by atoms with Crippen LogP contribution < -0.4 is 5.32 Å². The van der Waals surface area contributed by atoms with Crippen LogP contribution in [-0.2, 0) is 0 Å². The van der Waals surface area contributed by atoms with Crippen molar-refractivity contribution in [1.29, 1.82) is 0 Å². The molecule has 0 aliphatic heterocycles. The van der Waals surface area contributed by atoms with Crippen molar-refractivity contribution in [2.45, 2.75) is 4.90 Å². The highest BCUT2D eigenvalue weighted by atomic mass is 32.2. The number of nitrogens with one attached hydrogen (secondary N) is 1. The van der Waals surface area contributed by atoms with Gasteiger partial charge in [-0.2, -0.15) is 0 Å². The Labute approximate surface area is 98.5 Å². The average molecular weight is 235 g/mol. The fourth-order valence-corrected chi connectivity index (χ4v) is 2.66. The summed E-state index contributed by atoms with van der Waals surface area (Å²) in [5, 5.41) is 4.36. The molecule has 0 spiro atoms. The van der Waals surface area contributed by atoms with Crippen molar-refractivity contribution in [3.63, 3.8) is 0 Å². The van der Waals surface area contributed by atoms with Gasteiger partial charge in [-0.25, -0.2) is 0 Å². The summed E-state index contributed by atoms with van der Waals surface area (Å²) >= 11 is 3.55. The van der Waals surface area contributed by atoms with E-state index < -0.39 is 0 Å². The Kier molecular flexibility index (Phi) is 3.34. The smallest absolute Gasteiger partial charge is 0.0886 e. The van der Waals surface area contributed by atoms with Crippen LogP contribution in [0.4, 0.5) is 5.00 Å². The third-order valence-electron chi connectivity index (χ3n) is 2.23. The van der Waals surface area contributed by atoms with E-state index in [4.69, 9.17) is 0 Å². The molecule has 0 fully saturated rings. The molecule has 1 aromatic carbocycles. The zero-order valence-corrected chi connectivity index (χ0v) is 10.4. The van der Waals surface area contributed by atoms with Crippen molar-refractivity contribution in [2.24, 2.45) is 0 Å². The highest BCUT2D eigenvalue weighted by molar-refractivity contribution is 7.98. The minimum Gasteiger partial charge on any atom is -0.380 e. The third-order valence-corrected chi connectivity index (χ3v) is 4.12. The number of anilines is 1. The van der Waals surface area contributed by atoms with Gasteiger partial charge in [0, 0.05) is 16.8 Å². The second-order valence-electron chi connectivity index (χ2n) is 3.14. The second kappa shape index (κ2) is 4.73. The van der Waals surface area contributed by atoms with Gasteiger partial charge in [0.15, 0.2) is 0 Å². The summed E-state index contributed by atoms with van der Waals surface area (Å²) in [6, 6.07) is 13.0. The molecule has 2 rings (SSSR count). The van der Waals surface area contributed by atoms with Gasteiger partial charge in [0.1, 0.15) is 0 Å². The van der Waals surface area contributed by atoms with Crippen molar-refractivity contribution < 1.29 is 0 Å². The molecule has 0 aliphatic carbocycles. The summed E-state index contributed by atoms with van der Waals surface area (Å²) in [6.45, 7) is 0. The third kappa shape index (κ3) is 2.36. The first-order valence-electron chi connectivity index (χ1n) is 4.75. The average Bonchev–Trinajstić information content (AvgIpc) is 2.78. The number of thiophene rings is 1. The van der Waals surface area contributed by atoms with Gasteiger partial charge in [-0.15, -0.1) is 23.1 Å². The van der Waals surface area contributed by atoms with E-state index in [0.29, 0.717) is 0 Å². The molecule has 0 aliphatic rings. The summed E-state index contributed by atoms with van der Waals surface area (Å²) in [6.07, 6.45) is 2.10. The lowest BCUT2D eigenvalue weighted by Crippen LogP contribution is -1.79. The van der Waals surface area contributed by atoms with Gasteiger partial charge in [0.2, 0.25) is 0 Å². The molecule has 0 radical (unpaired) electrons. The van der Waals surface area contributed by atoms with Crippen LogP contribution in [0.1, 0.15) is 0 Å². The van der Waals surface area contributed by atoms with Gasteiger partial charge >= 0.3 is 0 Å². The van der Waals surface area contributed by atoms with Crippen molar-refractivity contribution in [3.05, 3.63) is 36.4 Å².